The molecule has 1 aliphatic rings. The molecule has 0 radical (unpaired) electrons. The molecule has 4 heteroatoms. The molecule has 1 nitrogen and oxygen atoms in total. The van der Waals surface area contributed by atoms with Gasteiger partial charge in [-0.2, -0.15) is 0 Å². The van der Waals surface area contributed by atoms with Gasteiger partial charge >= 0.3 is 0 Å². The van der Waals surface area contributed by atoms with E-state index in [1.54, 1.807) is 6.07 Å². The number of hydrogen-bond acceptors (Lipinski definition) is 1. The molecule has 1 aromatic rings. The molecular formula is C13H15BrF2O. The topological polar surface area (TPSA) is 9.23 Å². The number of halogens is 3. The van der Waals surface area contributed by atoms with Crippen molar-refractivity contribution in [2.45, 2.75) is 19.3 Å². The summed E-state index contributed by atoms with van der Waals surface area (Å²) in [5.74, 6) is -1.55. The molecule has 0 aliphatic carbocycles. The van der Waals surface area contributed by atoms with Crippen LogP contribution in [0.1, 0.15) is 18.4 Å². The van der Waals surface area contributed by atoms with Crippen molar-refractivity contribution in [1.82, 2.24) is 0 Å². The van der Waals surface area contributed by atoms with Crippen LogP contribution in [0.3, 0.4) is 0 Å². The highest BCUT2D eigenvalue weighted by Crippen LogP contribution is 2.36. The molecular weight excluding hydrogens is 290 g/mol. The normalized spacial score (nSPS) is 19.2. The maximum atomic E-state index is 13.2. The summed E-state index contributed by atoms with van der Waals surface area (Å²) in [6.07, 6.45) is 2.67. The average Bonchev–Trinajstić information content (AvgIpc) is 2.35. The van der Waals surface area contributed by atoms with E-state index in [-0.39, 0.29) is 5.41 Å². The predicted molar refractivity (Wildman–Crippen MR) is 66.3 cm³/mol. The molecule has 0 N–H and O–H groups in total. The van der Waals surface area contributed by atoms with Crippen LogP contribution in [0.2, 0.25) is 0 Å². The molecule has 2 rings (SSSR count). The molecule has 0 amide bonds. The number of rotatable bonds is 3. The van der Waals surface area contributed by atoms with Crippen LogP contribution >= 0.6 is 15.9 Å². The fourth-order valence-corrected chi connectivity index (χ4v) is 3.00. The van der Waals surface area contributed by atoms with Gasteiger partial charge < -0.3 is 4.74 Å². The van der Waals surface area contributed by atoms with Gasteiger partial charge in [-0.05, 0) is 42.4 Å². The number of hydrogen-bond donors (Lipinski definition) is 0. The van der Waals surface area contributed by atoms with Gasteiger partial charge in [0.1, 0.15) is 0 Å². The summed E-state index contributed by atoms with van der Waals surface area (Å²) in [5.41, 5.74) is 0.966. The van der Waals surface area contributed by atoms with Crippen molar-refractivity contribution < 1.29 is 13.5 Å². The lowest BCUT2D eigenvalue weighted by Gasteiger charge is -2.35. The third kappa shape index (κ3) is 3.05. The number of alkyl halides is 1. The van der Waals surface area contributed by atoms with Gasteiger partial charge in [0.2, 0.25) is 0 Å². The second kappa shape index (κ2) is 5.44. The standard InChI is InChI=1S/C13H15BrF2O/c14-9-13(3-5-17-6-4-13)8-10-1-2-11(15)12(16)7-10/h1-2,7H,3-6,8-9H2. The molecule has 0 atom stereocenters. The molecule has 17 heavy (non-hydrogen) atoms. The fourth-order valence-electron chi connectivity index (χ4n) is 2.24. The van der Waals surface area contributed by atoms with Crippen molar-refractivity contribution in [1.29, 1.82) is 0 Å². The summed E-state index contributed by atoms with van der Waals surface area (Å²) >= 11 is 3.54. The first-order valence-corrected chi connectivity index (χ1v) is 6.85. The predicted octanol–water partition coefficient (Wildman–Crippen LogP) is 3.70. The highest BCUT2D eigenvalue weighted by atomic mass is 79.9. The average molecular weight is 305 g/mol. The van der Waals surface area contributed by atoms with Gasteiger partial charge in [0, 0.05) is 18.5 Å². The zero-order valence-electron chi connectivity index (χ0n) is 9.52. The van der Waals surface area contributed by atoms with Crippen molar-refractivity contribution in [3.8, 4) is 0 Å². The third-order valence-corrected chi connectivity index (χ3v) is 4.59. The summed E-state index contributed by atoms with van der Waals surface area (Å²) in [7, 11) is 0. The van der Waals surface area contributed by atoms with E-state index in [0.717, 1.165) is 43.4 Å². The molecule has 1 saturated heterocycles. The first-order valence-electron chi connectivity index (χ1n) is 5.73. The Bertz CT molecular complexity index is 389. The summed E-state index contributed by atoms with van der Waals surface area (Å²) < 4.78 is 31.4. The van der Waals surface area contributed by atoms with Crippen molar-refractivity contribution in [2.75, 3.05) is 18.5 Å². The van der Waals surface area contributed by atoms with Gasteiger partial charge in [-0.25, -0.2) is 8.78 Å². The Morgan fingerprint density at radius 1 is 1.18 bits per heavy atom. The molecule has 0 spiro atoms. The van der Waals surface area contributed by atoms with Crippen LogP contribution in [0.25, 0.3) is 0 Å². The summed E-state index contributed by atoms with van der Waals surface area (Å²) in [4.78, 5) is 0. The Morgan fingerprint density at radius 2 is 1.88 bits per heavy atom. The molecule has 0 unspecified atom stereocenters. The molecule has 1 fully saturated rings. The second-order valence-corrected chi connectivity index (χ2v) is 5.23. The lowest BCUT2D eigenvalue weighted by molar-refractivity contribution is 0.0269. The van der Waals surface area contributed by atoms with E-state index in [4.69, 9.17) is 4.74 Å². The van der Waals surface area contributed by atoms with Gasteiger partial charge in [0.15, 0.2) is 11.6 Å². The van der Waals surface area contributed by atoms with Gasteiger partial charge in [0.05, 0.1) is 0 Å². The zero-order chi connectivity index (χ0) is 12.3. The lowest BCUT2D eigenvalue weighted by atomic mass is 9.77. The van der Waals surface area contributed by atoms with Crippen LogP contribution in [-0.2, 0) is 11.2 Å². The Kier molecular flexibility index (Phi) is 4.15. The van der Waals surface area contributed by atoms with Crippen LogP contribution < -0.4 is 0 Å². The molecule has 1 heterocycles. The van der Waals surface area contributed by atoms with Crippen molar-refractivity contribution in [3.63, 3.8) is 0 Å². The lowest BCUT2D eigenvalue weighted by Crippen LogP contribution is -2.33. The summed E-state index contributed by atoms with van der Waals surface area (Å²) in [6, 6.07) is 4.17. The quantitative estimate of drug-likeness (QED) is 0.774. The van der Waals surface area contributed by atoms with Gasteiger partial charge in [-0.3, -0.25) is 0 Å². The van der Waals surface area contributed by atoms with Crippen molar-refractivity contribution in [3.05, 3.63) is 35.4 Å². The molecule has 94 valence electrons. The van der Waals surface area contributed by atoms with Crippen LogP contribution in [0.5, 0.6) is 0 Å². The minimum absolute atomic E-state index is 0.114. The molecule has 1 aromatic carbocycles. The zero-order valence-corrected chi connectivity index (χ0v) is 11.1. The minimum Gasteiger partial charge on any atom is -0.381 e. The molecule has 0 saturated carbocycles. The van der Waals surface area contributed by atoms with Crippen LogP contribution in [0.4, 0.5) is 8.78 Å². The Morgan fingerprint density at radius 3 is 2.47 bits per heavy atom. The molecule has 0 bridgehead atoms. The van der Waals surface area contributed by atoms with Gasteiger partial charge in [0.25, 0.3) is 0 Å². The van der Waals surface area contributed by atoms with E-state index in [9.17, 15) is 8.78 Å². The summed E-state index contributed by atoms with van der Waals surface area (Å²) in [5, 5.41) is 0.863. The maximum absolute atomic E-state index is 13.2. The summed E-state index contributed by atoms with van der Waals surface area (Å²) in [6.45, 7) is 1.49. The highest BCUT2D eigenvalue weighted by molar-refractivity contribution is 9.09. The van der Waals surface area contributed by atoms with Crippen LogP contribution in [-0.4, -0.2) is 18.5 Å². The second-order valence-electron chi connectivity index (χ2n) is 4.67. The highest BCUT2D eigenvalue weighted by Gasteiger charge is 2.31. The van der Waals surface area contributed by atoms with E-state index in [0.29, 0.717) is 0 Å². The van der Waals surface area contributed by atoms with Gasteiger partial charge in [-0.1, -0.05) is 22.0 Å². The fraction of sp³-hybridized carbons (Fsp3) is 0.538. The van der Waals surface area contributed by atoms with E-state index in [2.05, 4.69) is 15.9 Å². The first kappa shape index (κ1) is 13.0. The number of benzene rings is 1. The SMILES string of the molecule is Fc1ccc(CC2(CBr)CCOCC2)cc1F. The van der Waals surface area contributed by atoms with Crippen LogP contribution in [0.15, 0.2) is 18.2 Å². The first-order chi connectivity index (χ1) is 8.15. The monoisotopic (exact) mass is 304 g/mol. The molecule has 0 aromatic heterocycles. The van der Waals surface area contributed by atoms with E-state index in [1.807, 2.05) is 0 Å². The third-order valence-electron chi connectivity index (χ3n) is 3.40. The van der Waals surface area contributed by atoms with E-state index in [1.165, 1.54) is 12.1 Å². The Labute approximate surface area is 108 Å². The van der Waals surface area contributed by atoms with E-state index >= 15 is 0 Å². The maximum Gasteiger partial charge on any atom is 0.159 e. The van der Waals surface area contributed by atoms with Crippen LogP contribution in [0, 0.1) is 17.0 Å². The smallest absolute Gasteiger partial charge is 0.159 e. The minimum atomic E-state index is -0.784. The van der Waals surface area contributed by atoms with Crippen molar-refractivity contribution >= 4 is 15.9 Å². The van der Waals surface area contributed by atoms with Crippen molar-refractivity contribution in [2.24, 2.45) is 5.41 Å². The van der Waals surface area contributed by atoms with E-state index < -0.39 is 11.6 Å². The molecule has 1 aliphatic heterocycles. The largest absolute Gasteiger partial charge is 0.381 e. The van der Waals surface area contributed by atoms with Gasteiger partial charge in [-0.15, -0.1) is 0 Å². The Hall–Kier alpha value is -0.480. The Balaban J connectivity index is 2.14. The number of ether oxygens (including phenoxy) is 1.